The Kier molecular flexibility index (Phi) is 18.4. The van der Waals surface area contributed by atoms with Crippen molar-refractivity contribution in [1.82, 2.24) is 0 Å². The highest BCUT2D eigenvalue weighted by Crippen LogP contribution is 2.33. The molecule has 0 aliphatic carbocycles. The number of nitrogens with zero attached hydrogens (tertiary/aromatic N) is 1. The molecule has 7 nitrogen and oxygen atoms in total. The minimum Gasteiger partial charge on any atom is -0.435 e. The van der Waals surface area contributed by atoms with Crippen LogP contribution in [0.25, 0.3) is 0 Å². The van der Waals surface area contributed by atoms with E-state index in [2.05, 4.69) is 26.0 Å². The van der Waals surface area contributed by atoms with Crippen molar-refractivity contribution in [3.8, 4) is 0 Å². The van der Waals surface area contributed by atoms with E-state index in [1.54, 1.807) is 30.9 Å². The van der Waals surface area contributed by atoms with Crippen LogP contribution in [0.3, 0.4) is 0 Å². The first-order valence-electron chi connectivity index (χ1n) is 17.7. The lowest BCUT2D eigenvalue weighted by atomic mass is 9.95. The molecule has 11 heteroatoms. The van der Waals surface area contributed by atoms with Gasteiger partial charge in [-0.25, -0.2) is 9.59 Å². The van der Waals surface area contributed by atoms with E-state index in [1.807, 2.05) is 6.07 Å². The number of anilines is 1. The highest BCUT2D eigenvalue weighted by molar-refractivity contribution is 6.36. The van der Waals surface area contributed by atoms with Crippen molar-refractivity contribution in [3.05, 3.63) is 96.9 Å². The fourth-order valence-corrected chi connectivity index (χ4v) is 6.55. The number of benzene rings is 3. The third-order valence-corrected chi connectivity index (χ3v) is 10.1. The molecule has 0 aromatic heterocycles. The van der Waals surface area contributed by atoms with E-state index in [9.17, 15) is 9.59 Å². The molecule has 3 rings (SSSR count). The first-order valence-corrected chi connectivity index (χ1v) is 19.2. The van der Waals surface area contributed by atoms with E-state index in [0.29, 0.717) is 15.7 Å². The molecule has 0 N–H and O–H groups in total. The number of carbonyl (C=O) groups is 2. The summed E-state index contributed by atoms with van der Waals surface area (Å²) in [6.45, 7) is 7.93. The SMILES string of the molecule is CCCCCCc1ccc(N(C(OC(=O)c2cc(Cl)ccc2Cl)C(C)OC)C(OC(=O)c2cc(Cl)ccc2Cl)C(C)OC)cc1CCCCCC. The maximum atomic E-state index is 13.8. The summed E-state index contributed by atoms with van der Waals surface area (Å²) in [6, 6.07) is 15.3. The third-order valence-electron chi connectivity index (χ3n) is 8.93. The molecule has 0 aliphatic rings. The number of ether oxygens (including phenoxy) is 4. The van der Waals surface area contributed by atoms with Crippen LogP contribution in [0, 0.1) is 0 Å². The Morgan fingerprint density at radius 3 is 1.49 bits per heavy atom. The van der Waals surface area contributed by atoms with Crippen LogP contribution in [0.2, 0.25) is 20.1 Å². The number of hydrogen-bond acceptors (Lipinski definition) is 7. The summed E-state index contributed by atoms with van der Waals surface area (Å²) in [5.41, 5.74) is 3.26. The van der Waals surface area contributed by atoms with Crippen LogP contribution >= 0.6 is 46.4 Å². The molecule has 3 aromatic rings. The Labute approximate surface area is 323 Å². The van der Waals surface area contributed by atoms with Crippen molar-refractivity contribution in [2.24, 2.45) is 0 Å². The van der Waals surface area contributed by atoms with Crippen LogP contribution < -0.4 is 4.90 Å². The van der Waals surface area contributed by atoms with Crippen LogP contribution in [-0.2, 0) is 31.8 Å². The largest absolute Gasteiger partial charge is 0.435 e. The third kappa shape index (κ3) is 12.5. The van der Waals surface area contributed by atoms with Gasteiger partial charge in [-0.3, -0.25) is 4.90 Å². The summed E-state index contributed by atoms with van der Waals surface area (Å²) in [7, 11) is 3.03. The molecule has 0 heterocycles. The van der Waals surface area contributed by atoms with Crippen LogP contribution in [-0.4, -0.2) is 50.8 Å². The molecule has 4 atom stereocenters. The Morgan fingerprint density at radius 1 is 0.608 bits per heavy atom. The highest BCUT2D eigenvalue weighted by atomic mass is 35.5. The molecular formula is C40H51Cl4NO6. The van der Waals surface area contributed by atoms with Crippen molar-refractivity contribution in [2.45, 2.75) is 117 Å². The number of esters is 2. The maximum absolute atomic E-state index is 13.8. The Bertz CT molecular complexity index is 1490. The molecular weight excluding hydrogens is 732 g/mol. The lowest BCUT2D eigenvalue weighted by molar-refractivity contribution is -0.0742. The summed E-state index contributed by atoms with van der Waals surface area (Å²) >= 11 is 25.4. The predicted molar refractivity (Wildman–Crippen MR) is 209 cm³/mol. The first-order chi connectivity index (χ1) is 24.4. The van der Waals surface area contributed by atoms with Crippen molar-refractivity contribution in [2.75, 3.05) is 19.1 Å². The number of halogens is 4. The summed E-state index contributed by atoms with van der Waals surface area (Å²) in [5.74, 6) is -1.47. The Hall–Kier alpha value is -2.52. The number of aryl methyl sites for hydroxylation is 2. The molecule has 0 amide bonds. The van der Waals surface area contributed by atoms with Crippen molar-refractivity contribution < 1.29 is 28.5 Å². The smallest absolute Gasteiger partial charge is 0.341 e. The minimum atomic E-state index is -1.13. The number of unbranched alkanes of at least 4 members (excludes halogenated alkanes) is 6. The lowest BCUT2D eigenvalue weighted by Gasteiger charge is -2.42. The molecule has 0 saturated carbocycles. The van der Waals surface area contributed by atoms with Gasteiger partial charge in [0, 0.05) is 30.0 Å². The van der Waals surface area contributed by atoms with Gasteiger partial charge in [-0.05, 0) is 99.2 Å². The molecule has 0 bridgehead atoms. The van der Waals surface area contributed by atoms with E-state index in [-0.39, 0.29) is 21.2 Å². The average molecular weight is 784 g/mol. The summed E-state index contributed by atoms with van der Waals surface area (Å²) in [4.78, 5) is 29.4. The second-order valence-corrected chi connectivity index (χ2v) is 14.4. The van der Waals surface area contributed by atoms with Gasteiger partial charge in [0.2, 0.25) is 12.5 Å². The number of methoxy groups -OCH3 is 2. The van der Waals surface area contributed by atoms with E-state index >= 15 is 0 Å². The van der Waals surface area contributed by atoms with E-state index < -0.39 is 36.6 Å². The number of hydrogen-bond donors (Lipinski definition) is 0. The zero-order chi connectivity index (χ0) is 37.5. The molecule has 0 saturated heterocycles. The second-order valence-electron chi connectivity index (χ2n) is 12.7. The van der Waals surface area contributed by atoms with Gasteiger partial charge in [0.1, 0.15) is 12.2 Å². The van der Waals surface area contributed by atoms with Crippen LogP contribution in [0.15, 0.2) is 54.6 Å². The molecule has 0 spiro atoms. The predicted octanol–water partition coefficient (Wildman–Crippen LogP) is 11.8. The summed E-state index contributed by atoms with van der Waals surface area (Å²) < 4.78 is 24.1. The molecule has 4 unspecified atom stereocenters. The number of rotatable bonds is 21. The van der Waals surface area contributed by atoms with Gasteiger partial charge >= 0.3 is 11.9 Å². The molecule has 0 radical (unpaired) electrons. The Balaban J connectivity index is 2.22. The fourth-order valence-electron chi connectivity index (χ4n) is 5.82. The van der Waals surface area contributed by atoms with E-state index in [0.717, 1.165) is 57.8 Å². The van der Waals surface area contributed by atoms with Gasteiger partial charge in [0.25, 0.3) is 0 Å². The van der Waals surface area contributed by atoms with Crippen LogP contribution in [0.4, 0.5) is 5.69 Å². The van der Waals surface area contributed by atoms with Crippen LogP contribution in [0.1, 0.15) is 111 Å². The topological polar surface area (TPSA) is 74.3 Å². The van der Waals surface area contributed by atoms with Crippen molar-refractivity contribution in [3.63, 3.8) is 0 Å². The zero-order valence-corrected chi connectivity index (χ0v) is 33.5. The minimum absolute atomic E-state index is 0.0792. The zero-order valence-electron chi connectivity index (χ0n) is 30.5. The van der Waals surface area contributed by atoms with Crippen LogP contribution in [0.5, 0.6) is 0 Å². The summed E-state index contributed by atoms with van der Waals surface area (Å²) in [6.07, 6.45) is 7.12. The van der Waals surface area contributed by atoms with Gasteiger partial charge in [-0.2, -0.15) is 0 Å². The monoisotopic (exact) mass is 781 g/mol. The van der Waals surface area contributed by atoms with Gasteiger partial charge in [0.15, 0.2) is 0 Å². The van der Waals surface area contributed by atoms with Gasteiger partial charge < -0.3 is 18.9 Å². The van der Waals surface area contributed by atoms with Gasteiger partial charge in [-0.1, -0.05) is 105 Å². The van der Waals surface area contributed by atoms with Gasteiger partial charge in [-0.15, -0.1) is 0 Å². The first kappa shape index (κ1) is 42.9. The van der Waals surface area contributed by atoms with E-state index in [1.165, 1.54) is 56.0 Å². The van der Waals surface area contributed by atoms with Crippen molar-refractivity contribution in [1.29, 1.82) is 0 Å². The lowest BCUT2D eigenvalue weighted by Crippen LogP contribution is -2.56. The molecule has 0 aliphatic heterocycles. The normalized spacial score (nSPS) is 13.7. The second kappa shape index (κ2) is 21.9. The fraction of sp³-hybridized carbons (Fsp3) is 0.500. The molecule has 51 heavy (non-hydrogen) atoms. The van der Waals surface area contributed by atoms with Gasteiger partial charge in [0.05, 0.1) is 21.2 Å². The molecule has 3 aromatic carbocycles. The molecule has 280 valence electrons. The summed E-state index contributed by atoms with van der Waals surface area (Å²) in [5, 5.41) is 0.982. The Morgan fingerprint density at radius 2 is 1.06 bits per heavy atom. The van der Waals surface area contributed by atoms with E-state index in [4.69, 9.17) is 65.4 Å². The highest BCUT2D eigenvalue weighted by Gasteiger charge is 2.40. The quantitative estimate of drug-likeness (QED) is 0.0605. The molecule has 0 fully saturated rings. The average Bonchev–Trinajstić information content (AvgIpc) is 3.12. The van der Waals surface area contributed by atoms with Crippen molar-refractivity contribution >= 4 is 64.0 Å². The number of carbonyl (C=O) groups excluding carboxylic acids is 2. The maximum Gasteiger partial charge on any atom is 0.341 e. The standard InChI is InChI=1S/C40H51Cl4NO6/c1-7-9-11-13-15-28-17-20-32(23-29(28)16-14-12-10-8-2)45(37(26(3)48-5)50-39(46)33-24-30(41)18-21-35(33)43)38(27(4)49-6)51-40(47)34-25-31(42)19-22-36(34)44/h17-27,37-38H,7-16H2,1-6H3.